The van der Waals surface area contributed by atoms with Crippen molar-refractivity contribution in [3.05, 3.63) is 28.0 Å². The third-order valence-electron chi connectivity index (χ3n) is 3.49. The Hall–Kier alpha value is -0.860. The van der Waals surface area contributed by atoms with E-state index in [1.54, 1.807) is 16.7 Å². The maximum absolute atomic E-state index is 10.8. The van der Waals surface area contributed by atoms with E-state index in [4.69, 9.17) is 23.2 Å². The third kappa shape index (κ3) is 3.55. The zero-order valence-corrected chi connectivity index (χ0v) is 14.4. The van der Waals surface area contributed by atoms with Crippen LogP contribution in [-0.2, 0) is 23.2 Å². The van der Waals surface area contributed by atoms with E-state index in [-0.39, 0.29) is 6.54 Å². The van der Waals surface area contributed by atoms with Gasteiger partial charge in [-0.2, -0.15) is 0 Å². The number of halogens is 2. The Labute approximate surface area is 138 Å². The molecule has 0 aliphatic heterocycles. The molecule has 122 valence electrons. The lowest BCUT2D eigenvalue weighted by Crippen LogP contribution is -2.44. The smallest absolute Gasteiger partial charge is 0.254 e. The summed E-state index contributed by atoms with van der Waals surface area (Å²) in [6.45, 7) is 4.44. The second-order valence-corrected chi connectivity index (χ2v) is 7.30. The molecule has 0 aliphatic rings. The molecule has 0 aliphatic carbocycles. The van der Waals surface area contributed by atoms with Crippen molar-refractivity contribution < 1.29 is 22.6 Å². The maximum atomic E-state index is 10.8. The Bertz CT molecular complexity index is 817. The van der Waals surface area contributed by atoms with Gasteiger partial charge in [0.15, 0.2) is 11.0 Å². The van der Waals surface area contributed by atoms with E-state index in [1.165, 1.54) is 0 Å². The van der Waals surface area contributed by atoms with Crippen LogP contribution in [0.4, 0.5) is 0 Å². The van der Waals surface area contributed by atoms with Crippen LogP contribution >= 0.6 is 23.2 Å². The number of aliphatic hydroxyl groups excluding tert-OH is 1. The van der Waals surface area contributed by atoms with Gasteiger partial charge < -0.3 is 9.66 Å². The predicted molar refractivity (Wildman–Crippen MR) is 83.1 cm³/mol. The molecular weight excluding hydrogens is 351 g/mol. The van der Waals surface area contributed by atoms with E-state index in [9.17, 15) is 18.1 Å². The quantitative estimate of drug-likeness (QED) is 0.641. The summed E-state index contributed by atoms with van der Waals surface area (Å²) < 4.78 is 36.0. The van der Waals surface area contributed by atoms with Crippen molar-refractivity contribution in [3.8, 4) is 0 Å². The standard InChI is InChI=1S/C13H16Cl2N2O4S/c1-3-16-8(2)17(6-9(18)7-22(19,20)21)13-5-11(15)10(14)4-12(13)16/h4-5,9,18H,3,6-7H2,1-2H3. The summed E-state index contributed by atoms with van der Waals surface area (Å²) in [5.74, 6) is -0.0299. The van der Waals surface area contributed by atoms with Gasteiger partial charge in [-0.25, -0.2) is 17.6 Å². The molecule has 1 unspecified atom stereocenters. The Kier molecular flexibility index (Phi) is 5.03. The highest BCUT2D eigenvalue weighted by Gasteiger charge is 2.24. The number of imidazole rings is 1. The molecule has 2 aromatic rings. The number of fused-ring (bicyclic) bond motifs is 1. The number of hydrogen-bond donors (Lipinski definition) is 1. The van der Waals surface area contributed by atoms with E-state index >= 15 is 0 Å². The van der Waals surface area contributed by atoms with Gasteiger partial charge >= 0.3 is 0 Å². The zero-order chi connectivity index (χ0) is 16.7. The van der Waals surface area contributed by atoms with Gasteiger partial charge in [0.1, 0.15) is 12.6 Å². The molecule has 1 heterocycles. The van der Waals surface area contributed by atoms with Crippen molar-refractivity contribution in [2.75, 3.05) is 5.75 Å². The topological polar surface area (TPSA) is 86.2 Å². The van der Waals surface area contributed by atoms with Crippen LogP contribution in [0.15, 0.2) is 12.1 Å². The Morgan fingerprint density at radius 3 is 2.50 bits per heavy atom. The van der Waals surface area contributed by atoms with E-state index in [1.807, 2.05) is 18.4 Å². The van der Waals surface area contributed by atoms with Gasteiger partial charge in [0, 0.05) is 19.1 Å². The molecule has 9 heteroatoms. The molecule has 0 radical (unpaired) electrons. The summed E-state index contributed by atoms with van der Waals surface area (Å²) in [5.41, 5.74) is 1.54. The van der Waals surface area contributed by atoms with Crippen molar-refractivity contribution in [3.63, 3.8) is 0 Å². The summed E-state index contributed by atoms with van der Waals surface area (Å²) in [7, 11) is -4.49. The first-order chi connectivity index (χ1) is 10.1. The number of rotatable bonds is 5. The predicted octanol–water partition coefficient (Wildman–Crippen LogP) is 1.47. The fourth-order valence-corrected chi connectivity index (χ4v) is 3.47. The van der Waals surface area contributed by atoms with Gasteiger partial charge in [-0.3, -0.25) is 0 Å². The fraction of sp³-hybridized carbons (Fsp3) is 0.462. The first-order valence-electron chi connectivity index (χ1n) is 6.63. The first-order valence-corrected chi connectivity index (χ1v) is 8.96. The average molecular weight is 367 g/mol. The average Bonchev–Trinajstić information content (AvgIpc) is 2.61. The summed E-state index contributed by atoms with van der Waals surface area (Å²) in [6.07, 6.45) is -1.29. The van der Waals surface area contributed by atoms with Gasteiger partial charge in [0.2, 0.25) is 0 Å². The van der Waals surface area contributed by atoms with Crippen molar-refractivity contribution in [2.45, 2.75) is 33.0 Å². The van der Waals surface area contributed by atoms with Gasteiger partial charge in [0.25, 0.3) is 5.82 Å². The molecule has 1 aromatic heterocycles. The molecule has 0 saturated carbocycles. The molecule has 6 nitrogen and oxygen atoms in total. The summed E-state index contributed by atoms with van der Waals surface area (Å²) >= 11 is 12.1. The van der Waals surface area contributed by atoms with Crippen molar-refractivity contribution >= 4 is 44.4 Å². The molecule has 0 spiro atoms. The van der Waals surface area contributed by atoms with E-state index in [0.29, 0.717) is 16.6 Å². The Morgan fingerprint density at radius 1 is 1.36 bits per heavy atom. The number of aryl methyl sites for hydroxylation is 1. The van der Waals surface area contributed by atoms with Crippen LogP contribution in [0.3, 0.4) is 0 Å². The Balaban J connectivity index is 2.53. The van der Waals surface area contributed by atoms with Crippen LogP contribution in [0, 0.1) is 6.92 Å². The number of nitrogens with zero attached hydrogens (tertiary/aromatic N) is 2. The van der Waals surface area contributed by atoms with Crippen LogP contribution in [-0.4, -0.2) is 34.5 Å². The second-order valence-electron chi connectivity index (χ2n) is 5.04. The zero-order valence-electron chi connectivity index (χ0n) is 12.1. The van der Waals surface area contributed by atoms with Crippen molar-refractivity contribution in [1.29, 1.82) is 0 Å². The Morgan fingerprint density at radius 2 is 1.95 bits per heavy atom. The van der Waals surface area contributed by atoms with Gasteiger partial charge in [0.05, 0.1) is 32.5 Å². The van der Waals surface area contributed by atoms with Crippen LogP contribution in [0.1, 0.15) is 12.7 Å². The minimum Gasteiger partial charge on any atom is -0.748 e. The van der Waals surface area contributed by atoms with Crippen molar-refractivity contribution in [2.24, 2.45) is 0 Å². The lowest BCUT2D eigenvalue weighted by molar-refractivity contribution is -0.684. The second kappa shape index (κ2) is 6.33. The highest BCUT2D eigenvalue weighted by molar-refractivity contribution is 7.85. The van der Waals surface area contributed by atoms with E-state index < -0.39 is 22.0 Å². The number of aromatic nitrogens is 2. The summed E-state index contributed by atoms with van der Waals surface area (Å²) in [6, 6.07) is 3.39. The maximum Gasteiger partial charge on any atom is 0.254 e. The van der Waals surface area contributed by atoms with Crippen LogP contribution in [0.25, 0.3) is 11.0 Å². The summed E-state index contributed by atoms with van der Waals surface area (Å²) in [5, 5.41) is 10.6. The van der Waals surface area contributed by atoms with Crippen LogP contribution in [0.5, 0.6) is 0 Å². The molecule has 0 amide bonds. The minimum absolute atomic E-state index is 0.0191. The lowest BCUT2D eigenvalue weighted by atomic mass is 10.3. The number of hydrogen-bond acceptors (Lipinski definition) is 4. The minimum atomic E-state index is -4.49. The van der Waals surface area contributed by atoms with Crippen LogP contribution < -0.4 is 4.57 Å². The van der Waals surface area contributed by atoms with Crippen molar-refractivity contribution in [1.82, 2.24) is 4.57 Å². The fourth-order valence-electron chi connectivity index (χ4n) is 2.58. The highest BCUT2D eigenvalue weighted by atomic mass is 35.5. The van der Waals surface area contributed by atoms with Gasteiger partial charge in [-0.1, -0.05) is 23.2 Å². The van der Waals surface area contributed by atoms with Gasteiger partial charge in [-0.05, 0) is 6.92 Å². The molecule has 1 atom stereocenters. The van der Waals surface area contributed by atoms with Crippen LogP contribution in [0.2, 0.25) is 10.0 Å². The van der Waals surface area contributed by atoms with E-state index in [0.717, 1.165) is 16.9 Å². The number of benzene rings is 1. The SMILES string of the molecule is CCn1c(C)[n+](CC(O)CS(=O)(=O)[O-])c2cc(Cl)c(Cl)cc21. The molecule has 0 bridgehead atoms. The summed E-state index contributed by atoms with van der Waals surface area (Å²) in [4.78, 5) is 0. The normalized spacial score (nSPS) is 13.7. The monoisotopic (exact) mass is 366 g/mol. The van der Waals surface area contributed by atoms with Gasteiger partial charge in [-0.15, -0.1) is 0 Å². The molecule has 2 rings (SSSR count). The highest BCUT2D eigenvalue weighted by Crippen LogP contribution is 2.27. The number of aliphatic hydroxyl groups is 1. The largest absolute Gasteiger partial charge is 0.748 e. The molecule has 1 aromatic carbocycles. The molecule has 1 N–H and O–H groups in total. The molecule has 0 fully saturated rings. The van der Waals surface area contributed by atoms with E-state index in [2.05, 4.69) is 0 Å². The lowest BCUT2D eigenvalue weighted by Gasteiger charge is -2.12. The molecular formula is C13H16Cl2N2O4S. The third-order valence-corrected chi connectivity index (χ3v) is 5.00. The first kappa shape index (κ1) is 17.5. The molecule has 0 saturated heterocycles. The molecule has 22 heavy (non-hydrogen) atoms.